The van der Waals surface area contributed by atoms with Crippen molar-refractivity contribution in [2.45, 2.75) is 19.8 Å². The van der Waals surface area contributed by atoms with Crippen molar-refractivity contribution in [3.8, 4) is 5.75 Å². The molecule has 0 amide bonds. The van der Waals surface area contributed by atoms with Gasteiger partial charge in [0, 0.05) is 18.7 Å². The maximum atomic E-state index is 12.2. The van der Waals surface area contributed by atoms with E-state index < -0.39 is 0 Å². The van der Waals surface area contributed by atoms with Gasteiger partial charge in [0.2, 0.25) is 0 Å². The zero-order valence-corrected chi connectivity index (χ0v) is 12.0. The normalized spacial score (nSPS) is 19.8. The van der Waals surface area contributed by atoms with Crippen LogP contribution in [0.1, 0.15) is 30.1 Å². The van der Waals surface area contributed by atoms with E-state index in [0.29, 0.717) is 19.1 Å². The number of ketones is 1. The minimum Gasteiger partial charge on any atom is -0.494 e. The summed E-state index contributed by atoms with van der Waals surface area (Å²) in [6.07, 6.45) is 2.12. The van der Waals surface area contributed by atoms with E-state index in [0.717, 1.165) is 37.2 Å². The molecule has 4 nitrogen and oxygen atoms in total. The first kappa shape index (κ1) is 15.0. The smallest absolute Gasteiger partial charge is 0.176 e. The average molecular weight is 277 g/mol. The zero-order valence-electron chi connectivity index (χ0n) is 12.0. The van der Waals surface area contributed by atoms with Crippen LogP contribution in [0.2, 0.25) is 0 Å². The molecule has 20 heavy (non-hydrogen) atoms. The summed E-state index contributed by atoms with van der Waals surface area (Å²) >= 11 is 0. The van der Waals surface area contributed by atoms with Crippen LogP contribution in [0.25, 0.3) is 0 Å². The molecule has 1 aliphatic rings. The predicted molar refractivity (Wildman–Crippen MR) is 78.2 cm³/mol. The first-order chi connectivity index (χ1) is 9.72. The van der Waals surface area contributed by atoms with Gasteiger partial charge in [-0.3, -0.25) is 9.69 Å². The fourth-order valence-electron chi connectivity index (χ4n) is 2.64. The van der Waals surface area contributed by atoms with Crippen LogP contribution in [0.5, 0.6) is 5.75 Å². The molecule has 2 rings (SSSR count). The van der Waals surface area contributed by atoms with E-state index in [2.05, 4.69) is 4.90 Å². The Labute approximate surface area is 120 Å². The predicted octanol–water partition coefficient (Wildman–Crippen LogP) is 1.97. The van der Waals surface area contributed by atoms with Gasteiger partial charge < -0.3 is 9.84 Å². The van der Waals surface area contributed by atoms with Crippen LogP contribution in [-0.4, -0.2) is 48.6 Å². The highest BCUT2D eigenvalue weighted by molar-refractivity contribution is 5.97. The van der Waals surface area contributed by atoms with E-state index in [1.165, 1.54) is 0 Å². The minimum absolute atomic E-state index is 0.131. The van der Waals surface area contributed by atoms with Crippen LogP contribution in [0.3, 0.4) is 0 Å². The van der Waals surface area contributed by atoms with Crippen LogP contribution in [0, 0.1) is 5.92 Å². The number of Topliss-reactive ketones (excluding diaryl/α,β-unsaturated/α-hetero) is 1. The number of aliphatic hydroxyl groups excluding tert-OH is 1. The Hall–Kier alpha value is -1.39. The lowest BCUT2D eigenvalue weighted by Crippen LogP contribution is -2.39. The highest BCUT2D eigenvalue weighted by Gasteiger charge is 2.21. The van der Waals surface area contributed by atoms with Crippen molar-refractivity contribution in [1.82, 2.24) is 4.90 Å². The van der Waals surface area contributed by atoms with Crippen LogP contribution < -0.4 is 4.74 Å². The summed E-state index contributed by atoms with van der Waals surface area (Å²) in [5.41, 5.74) is 0.722. The third-order valence-electron chi connectivity index (χ3n) is 3.72. The molecular weight excluding hydrogens is 254 g/mol. The monoisotopic (exact) mass is 277 g/mol. The summed E-state index contributed by atoms with van der Waals surface area (Å²) in [6, 6.07) is 7.31. The molecule has 1 fully saturated rings. The fraction of sp³-hybridized carbons (Fsp3) is 0.562. The standard InChI is InChI=1S/C16H23NO3/c1-2-20-15-7-5-14(6-8-15)16(19)11-17-9-3-4-13(10-17)12-18/h5-8,13,18H,2-4,9-12H2,1H3. The van der Waals surface area contributed by atoms with E-state index in [1.807, 2.05) is 31.2 Å². The average Bonchev–Trinajstić information content (AvgIpc) is 2.48. The van der Waals surface area contributed by atoms with E-state index in [-0.39, 0.29) is 12.4 Å². The van der Waals surface area contributed by atoms with Gasteiger partial charge in [-0.1, -0.05) is 0 Å². The van der Waals surface area contributed by atoms with Gasteiger partial charge in [0.1, 0.15) is 5.75 Å². The molecule has 1 atom stereocenters. The third kappa shape index (κ3) is 4.05. The molecule has 4 heteroatoms. The van der Waals surface area contributed by atoms with Crippen LogP contribution >= 0.6 is 0 Å². The number of hydrogen-bond donors (Lipinski definition) is 1. The number of carbonyl (C=O) groups is 1. The Kier molecular flexibility index (Phi) is 5.56. The summed E-state index contributed by atoms with van der Waals surface area (Å²) < 4.78 is 5.37. The largest absolute Gasteiger partial charge is 0.494 e. The quantitative estimate of drug-likeness (QED) is 0.808. The molecule has 1 aromatic carbocycles. The number of piperidine rings is 1. The Balaban J connectivity index is 1.90. The van der Waals surface area contributed by atoms with Gasteiger partial charge >= 0.3 is 0 Å². The summed E-state index contributed by atoms with van der Waals surface area (Å²) in [7, 11) is 0. The van der Waals surface area contributed by atoms with Gasteiger partial charge in [-0.25, -0.2) is 0 Å². The number of ether oxygens (including phenoxy) is 1. The molecule has 0 spiro atoms. The van der Waals surface area contributed by atoms with Gasteiger partial charge in [0.25, 0.3) is 0 Å². The molecule has 1 heterocycles. The number of aliphatic hydroxyl groups is 1. The second-order valence-corrected chi connectivity index (χ2v) is 5.31. The minimum atomic E-state index is 0.131. The molecule has 1 N–H and O–H groups in total. The number of likely N-dealkylation sites (tertiary alicyclic amines) is 1. The molecule has 0 saturated carbocycles. The van der Waals surface area contributed by atoms with Crippen molar-refractivity contribution in [3.63, 3.8) is 0 Å². The molecule has 0 aliphatic carbocycles. The van der Waals surface area contributed by atoms with Crippen molar-refractivity contribution in [3.05, 3.63) is 29.8 Å². The zero-order chi connectivity index (χ0) is 14.4. The summed E-state index contributed by atoms with van der Waals surface area (Å²) in [6.45, 7) is 4.98. The number of rotatable bonds is 6. The molecule has 0 bridgehead atoms. The van der Waals surface area contributed by atoms with Crippen molar-refractivity contribution in [1.29, 1.82) is 0 Å². The molecule has 1 aliphatic heterocycles. The van der Waals surface area contributed by atoms with Gasteiger partial charge in [0.15, 0.2) is 5.78 Å². The SMILES string of the molecule is CCOc1ccc(C(=O)CN2CCCC(CO)C2)cc1. The Morgan fingerprint density at radius 1 is 1.40 bits per heavy atom. The van der Waals surface area contributed by atoms with Crippen molar-refractivity contribution in [2.75, 3.05) is 32.8 Å². The van der Waals surface area contributed by atoms with Crippen LogP contribution in [-0.2, 0) is 0 Å². The maximum Gasteiger partial charge on any atom is 0.176 e. The van der Waals surface area contributed by atoms with Gasteiger partial charge in [-0.05, 0) is 56.5 Å². The molecule has 0 radical (unpaired) electrons. The Bertz CT molecular complexity index is 430. The topological polar surface area (TPSA) is 49.8 Å². The third-order valence-corrected chi connectivity index (χ3v) is 3.72. The number of hydrogen-bond acceptors (Lipinski definition) is 4. The highest BCUT2D eigenvalue weighted by atomic mass is 16.5. The maximum absolute atomic E-state index is 12.2. The lowest BCUT2D eigenvalue weighted by Gasteiger charge is -2.31. The highest BCUT2D eigenvalue weighted by Crippen LogP contribution is 2.17. The fourth-order valence-corrected chi connectivity index (χ4v) is 2.64. The van der Waals surface area contributed by atoms with E-state index in [4.69, 9.17) is 4.74 Å². The second-order valence-electron chi connectivity index (χ2n) is 5.31. The van der Waals surface area contributed by atoms with Crippen molar-refractivity contribution >= 4 is 5.78 Å². The van der Waals surface area contributed by atoms with E-state index in [9.17, 15) is 9.90 Å². The summed E-state index contributed by atoms with van der Waals surface area (Å²) in [5, 5.41) is 9.22. The van der Waals surface area contributed by atoms with E-state index in [1.54, 1.807) is 0 Å². The lowest BCUT2D eigenvalue weighted by molar-refractivity contribution is 0.0833. The van der Waals surface area contributed by atoms with Crippen LogP contribution in [0.4, 0.5) is 0 Å². The number of nitrogens with zero attached hydrogens (tertiary/aromatic N) is 1. The van der Waals surface area contributed by atoms with Crippen LogP contribution in [0.15, 0.2) is 24.3 Å². The molecule has 110 valence electrons. The van der Waals surface area contributed by atoms with Crippen molar-refractivity contribution < 1.29 is 14.6 Å². The molecule has 0 aromatic heterocycles. The first-order valence-corrected chi connectivity index (χ1v) is 7.32. The molecule has 1 aromatic rings. The van der Waals surface area contributed by atoms with Gasteiger partial charge in [-0.15, -0.1) is 0 Å². The summed E-state index contributed by atoms with van der Waals surface area (Å²) in [5.74, 6) is 1.24. The number of carbonyl (C=O) groups excluding carboxylic acids is 1. The van der Waals surface area contributed by atoms with E-state index >= 15 is 0 Å². The lowest BCUT2D eigenvalue weighted by atomic mass is 9.98. The Morgan fingerprint density at radius 2 is 2.15 bits per heavy atom. The first-order valence-electron chi connectivity index (χ1n) is 7.32. The number of benzene rings is 1. The molecular formula is C16H23NO3. The molecule has 1 unspecified atom stereocenters. The van der Waals surface area contributed by atoms with Gasteiger partial charge in [-0.2, -0.15) is 0 Å². The molecule has 1 saturated heterocycles. The second kappa shape index (κ2) is 7.41. The Morgan fingerprint density at radius 3 is 2.80 bits per heavy atom. The summed E-state index contributed by atoms with van der Waals surface area (Å²) in [4.78, 5) is 14.4. The van der Waals surface area contributed by atoms with Crippen molar-refractivity contribution in [2.24, 2.45) is 5.92 Å². The van der Waals surface area contributed by atoms with Gasteiger partial charge in [0.05, 0.1) is 13.2 Å².